The topological polar surface area (TPSA) is 59.6 Å². The molecule has 0 heterocycles. The van der Waals surface area contributed by atoms with Crippen LogP contribution in [0.4, 0.5) is 11.4 Å². The molecule has 0 aliphatic carbocycles. The van der Waals surface area contributed by atoms with E-state index in [2.05, 4.69) is 10.6 Å². The van der Waals surface area contributed by atoms with Crippen molar-refractivity contribution in [3.8, 4) is 11.5 Å². The Morgan fingerprint density at radius 3 is 2.43 bits per heavy atom. The number of hydrogen-bond donors (Lipinski definition) is 2. The first-order valence-electron chi connectivity index (χ1n) is 7.09. The third-order valence-corrected chi connectivity index (χ3v) is 3.59. The zero-order valence-corrected chi connectivity index (χ0v) is 14.0. The van der Waals surface area contributed by atoms with E-state index < -0.39 is 6.04 Å². The van der Waals surface area contributed by atoms with Gasteiger partial charge < -0.3 is 20.1 Å². The second-order valence-corrected chi connectivity index (χ2v) is 5.31. The molecular formula is C17H19ClN2O3. The smallest absolute Gasteiger partial charge is 0.246 e. The fourth-order valence-electron chi connectivity index (χ4n) is 2.06. The maximum absolute atomic E-state index is 12.3. The molecule has 5 nitrogen and oxygen atoms in total. The lowest BCUT2D eigenvalue weighted by atomic mass is 10.2. The highest BCUT2D eigenvalue weighted by Crippen LogP contribution is 2.28. The third kappa shape index (κ3) is 4.29. The molecule has 0 fully saturated rings. The predicted octanol–water partition coefficient (Wildman–Crippen LogP) is 3.80. The summed E-state index contributed by atoms with van der Waals surface area (Å²) in [6.07, 6.45) is 0. The zero-order chi connectivity index (χ0) is 16.8. The monoisotopic (exact) mass is 334 g/mol. The van der Waals surface area contributed by atoms with Crippen molar-refractivity contribution in [1.29, 1.82) is 0 Å². The Bertz CT molecular complexity index is 691. The van der Waals surface area contributed by atoms with Crippen LogP contribution in [-0.4, -0.2) is 26.2 Å². The Kier molecular flexibility index (Phi) is 5.71. The highest BCUT2D eigenvalue weighted by molar-refractivity contribution is 6.32. The molecule has 0 saturated heterocycles. The minimum absolute atomic E-state index is 0.179. The van der Waals surface area contributed by atoms with Gasteiger partial charge in [0.05, 0.1) is 24.9 Å². The number of nitrogens with one attached hydrogen (secondary N) is 2. The molecule has 23 heavy (non-hydrogen) atoms. The first-order valence-corrected chi connectivity index (χ1v) is 7.47. The van der Waals surface area contributed by atoms with Crippen LogP contribution in [0.5, 0.6) is 11.5 Å². The van der Waals surface area contributed by atoms with Crippen molar-refractivity contribution < 1.29 is 14.3 Å². The molecule has 2 N–H and O–H groups in total. The Morgan fingerprint density at radius 1 is 1.09 bits per heavy atom. The van der Waals surface area contributed by atoms with Gasteiger partial charge in [-0.25, -0.2) is 0 Å². The van der Waals surface area contributed by atoms with Crippen molar-refractivity contribution in [1.82, 2.24) is 0 Å². The molecule has 2 aromatic rings. The number of amides is 1. The van der Waals surface area contributed by atoms with Crippen LogP contribution in [0, 0.1) is 0 Å². The van der Waals surface area contributed by atoms with E-state index in [1.54, 1.807) is 51.5 Å². The van der Waals surface area contributed by atoms with E-state index in [-0.39, 0.29) is 5.91 Å². The van der Waals surface area contributed by atoms with Gasteiger partial charge in [-0.15, -0.1) is 0 Å². The Balaban J connectivity index is 2.04. The largest absolute Gasteiger partial charge is 0.495 e. The molecule has 0 saturated carbocycles. The van der Waals surface area contributed by atoms with Gasteiger partial charge in [-0.05, 0) is 37.3 Å². The molecule has 0 unspecified atom stereocenters. The van der Waals surface area contributed by atoms with E-state index >= 15 is 0 Å². The normalized spacial score (nSPS) is 11.5. The third-order valence-electron chi connectivity index (χ3n) is 3.29. The van der Waals surface area contributed by atoms with Gasteiger partial charge >= 0.3 is 0 Å². The fraction of sp³-hybridized carbons (Fsp3) is 0.235. The summed E-state index contributed by atoms with van der Waals surface area (Å²) >= 11 is 6.08. The van der Waals surface area contributed by atoms with Crippen molar-refractivity contribution in [2.24, 2.45) is 0 Å². The molecule has 0 radical (unpaired) electrons. The van der Waals surface area contributed by atoms with Crippen molar-refractivity contribution in [2.75, 3.05) is 24.9 Å². The van der Waals surface area contributed by atoms with Gasteiger partial charge in [0, 0.05) is 5.69 Å². The summed E-state index contributed by atoms with van der Waals surface area (Å²) < 4.78 is 10.3. The summed E-state index contributed by atoms with van der Waals surface area (Å²) in [7, 11) is 3.11. The minimum Gasteiger partial charge on any atom is -0.495 e. The molecule has 0 bridgehead atoms. The molecule has 2 rings (SSSR count). The van der Waals surface area contributed by atoms with Gasteiger partial charge in [0.15, 0.2) is 0 Å². The van der Waals surface area contributed by atoms with E-state index in [1.165, 1.54) is 0 Å². The standard InChI is InChI=1S/C17H19ClN2O3/c1-11(19-12-8-9-15(22-2)13(18)10-12)17(21)20-14-6-4-5-7-16(14)23-3/h4-11,19H,1-3H3,(H,20,21)/t11-/m0/s1. The quantitative estimate of drug-likeness (QED) is 0.843. The van der Waals surface area contributed by atoms with Gasteiger partial charge in [0.25, 0.3) is 0 Å². The average Bonchev–Trinajstić information content (AvgIpc) is 2.55. The molecule has 0 spiro atoms. The maximum Gasteiger partial charge on any atom is 0.246 e. The highest BCUT2D eigenvalue weighted by atomic mass is 35.5. The van der Waals surface area contributed by atoms with Gasteiger partial charge in [-0.1, -0.05) is 23.7 Å². The number of carbonyl (C=O) groups excluding carboxylic acids is 1. The van der Waals surface area contributed by atoms with E-state index in [0.29, 0.717) is 22.2 Å². The number of hydrogen-bond acceptors (Lipinski definition) is 4. The zero-order valence-electron chi connectivity index (χ0n) is 13.2. The van der Waals surface area contributed by atoms with Crippen LogP contribution in [-0.2, 0) is 4.79 Å². The number of rotatable bonds is 6. The first kappa shape index (κ1) is 17.0. The van der Waals surface area contributed by atoms with Crippen LogP contribution in [0.25, 0.3) is 0 Å². The molecule has 122 valence electrons. The SMILES string of the molecule is COc1ccc(N[C@@H](C)C(=O)Nc2ccccc2OC)cc1Cl. The number of carbonyl (C=O) groups is 1. The molecular weight excluding hydrogens is 316 g/mol. The summed E-state index contributed by atoms with van der Waals surface area (Å²) in [5, 5.41) is 6.41. The van der Waals surface area contributed by atoms with Crippen LogP contribution in [0.3, 0.4) is 0 Å². The number of para-hydroxylation sites is 2. The van der Waals surface area contributed by atoms with Crippen molar-refractivity contribution in [3.63, 3.8) is 0 Å². The second-order valence-electron chi connectivity index (χ2n) is 4.90. The number of benzene rings is 2. The minimum atomic E-state index is -0.454. The van der Waals surface area contributed by atoms with Crippen LogP contribution >= 0.6 is 11.6 Å². The van der Waals surface area contributed by atoms with Crippen LogP contribution < -0.4 is 20.1 Å². The summed E-state index contributed by atoms with van der Waals surface area (Å²) in [5.41, 5.74) is 1.36. The molecule has 2 aromatic carbocycles. The van der Waals surface area contributed by atoms with Gasteiger partial charge in [-0.3, -0.25) is 4.79 Å². The number of ether oxygens (including phenoxy) is 2. The molecule has 6 heteroatoms. The fourth-order valence-corrected chi connectivity index (χ4v) is 2.32. The predicted molar refractivity (Wildman–Crippen MR) is 92.7 cm³/mol. The lowest BCUT2D eigenvalue weighted by molar-refractivity contribution is -0.116. The van der Waals surface area contributed by atoms with E-state index in [1.807, 2.05) is 12.1 Å². The number of halogens is 1. The van der Waals surface area contributed by atoms with Crippen molar-refractivity contribution in [2.45, 2.75) is 13.0 Å². The second kappa shape index (κ2) is 7.74. The first-order chi connectivity index (χ1) is 11.0. The van der Waals surface area contributed by atoms with Gasteiger partial charge in [0.2, 0.25) is 5.91 Å². The molecule has 1 atom stereocenters. The van der Waals surface area contributed by atoms with E-state index in [0.717, 1.165) is 5.69 Å². The van der Waals surface area contributed by atoms with Crippen molar-refractivity contribution in [3.05, 3.63) is 47.5 Å². The Hall–Kier alpha value is -2.40. The van der Waals surface area contributed by atoms with Gasteiger partial charge in [-0.2, -0.15) is 0 Å². The van der Waals surface area contributed by atoms with Gasteiger partial charge in [0.1, 0.15) is 17.5 Å². The Labute approximate surface area is 140 Å². The molecule has 1 amide bonds. The molecule has 0 aliphatic rings. The van der Waals surface area contributed by atoms with Crippen LogP contribution in [0.15, 0.2) is 42.5 Å². The lowest BCUT2D eigenvalue weighted by Gasteiger charge is -2.17. The summed E-state index contributed by atoms with van der Waals surface area (Å²) in [6.45, 7) is 1.77. The van der Waals surface area contributed by atoms with Crippen LogP contribution in [0.2, 0.25) is 5.02 Å². The summed E-state index contributed by atoms with van der Waals surface area (Å²) in [4.78, 5) is 12.3. The molecule has 0 aliphatic heterocycles. The van der Waals surface area contributed by atoms with E-state index in [4.69, 9.17) is 21.1 Å². The number of anilines is 2. The highest BCUT2D eigenvalue weighted by Gasteiger charge is 2.15. The van der Waals surface area contributed by atoms with E-state index in [9.17, 15) is 4.79 Å². The summed E-state index contributed by atoms with van der Waals surface area (Å²) in [5.74, 6) is 1.02. The molecule has 0 aromatic heterocycles. The lowest BCUT2D eigenvalue weighted by Crippen LogP contribution is -2.32. The van der Waals surface area contributed by atoms with Crippen LogP contribution in [0.1, 0.15) is 6.92 Å². The maximum atomic E-state index is 12.3. The summed E-state index contributed by atoms with van der Waals surface area (Å²) in [6, 6.07) is 12.1. The average molecular weight is 335 g/mol. The van der Waals surface area contributed by atoms with Crippen molar-refractivity contribution >= 4 is 28.9 Å². The Morgan fingerprint density at radius 2 is 1.78 bits per heavy atom. The number of methoxy groups -OCH3 is 2.